The Balaban J connectivity index is 1.84. The molecule has 0 atom stereocenters. The van der Waals surface area contributed by atoms with Crippen molar-refractivity contribution in [2.45, 2.75) is 13.8 Å². The zero-order valence-electron chi connectivity index (χ0n) is 20.9. The molecule has 0 saturated carbocycles. The number of benzene rings is 3. The SMILES string of the molecule is CCOc1cc(/C=C(\C#N)c2ccc(OC)c(OC)c2)cc(I)c1OCC(=O)Nc1ccc(C)c(Cl)c1. The molecule has 0 unspecified atom stereocenters. The van der Waals surface area contributed by atoms with Crippen LogP contribution in [0.4, 0.5) is 5.69 Å². The minimum Gasteiger partial charge on any atom is -0.493 e. The van der Waals surface area contributed by atoms with E-state index in [1.165, 1.54) is 0 Å². The van der Waals surface area contributed by atoms with Crippen LogP contribution in [0.3, 0.4) is 0 Å². The molecule has 9 heteroatoms. The standard InChI is InChI=1S/C28H26ClIN2O5/c1-5-36-26-12-18(10-20(15-31)19-7-9-24(34-3)25(13-19)35-4)11-23(30)28(26)37-16-27(33)32-21-8-6-17(2)22(29)14-21/h6-14H,5,16H2,1-4H3,(H,32,33)/b20-10+. The lowest BCUT2D eigenvalue weighted by molar-refractivity contribution is -0.118. The van der Waals surface area contributed by atoms with Gasteiger partial charge in [0.1, 0.15) is 0 Å². The molecule has 3 aromatic carbocycles. The number of carbonyl (C=O) groups is 1. The maximum absolute atomic E-state index is 12.5. The number of anilines is 1. The van der Waals surface area contributed by atoms with Crippen molar-refractivity contribution in [3.63, 3.8) is 0 Å². The average molecular weight is 633 g/mol. The second-order valence-corrected chi connectivity index (χ2v) is 9.37. The van der Waals surface area contributed by atoms with Gasteiger partial charge in [-0.2, -0.15) is 5.26 Å². The molecule has 0 radical (unpaired) electrons. The van der Waals surface area contributed by atoms with Crippen molar-refractivity contribution in [1.82, 2.24) is 0 Å². The van der Waals surface area contributed by atoms with Gasteiger partial charge in [0, 0.05) is 10.7 Å². The van der Waals surface area contributed by atoms with Gasteiger partial charge in [-0.3, -0.25) is 4.79 Å². The lowest BCUT2D eigenvalue weighted by atomic mass is 10.0. The van der Waals surface area contributed by atoms with Crippen LogP contribution in [-0.2, 0) is 4.79 Å². The minimum absolute atomic E-state index is 0.216. The number of methoxy groups -OCH3 is 2. The first-order valence-corrected chi connectivity index (χ1v) is 12.7. The summed E-state index contributed by atoms with van der Waals surface area (Å²) in [5.74, 6) is 1.69. The second-order valence-electron chi connectivity index (χ2n) is 7.80. The van der Waals surface area contributed by atoms with Gasteiger partial charge in [-0.15, -0.1) is 0 Å². The number of ether oxygens (including phenoxy) is 4. The molecule has 0 saturated heterocycles. The summed E-state index contributed by atoms with van der Waals surface area (Å²) in [6.07, 6.45) is 1.75. The molecule has 7 nitrogen and oxygen atoms in total. The number of aryl methyl sites for hydroxylation is 1. The quantitative estimate of drug-likeness (QED) is 0.151. The molecule has 0 spiro atoms. The number of amides is 1. The average Bonchev–Trinajstić information content (AvgIpc) is 2.88. The number of nitrogens with one attached hydrogen (secondary N) is 1. The van der Waals surface area contributed by atoms with Crippen molar-refractivity contribution in [2.24, 2.45) is 0 Å². The predicted molar refractivity (Wildman–Crippen MR) is 154 cm³/mol. The summed E-state index contributed by atoms with van der Waals surface area (Å²) < 4.78 is 23.0. The molecular formula is C28H26ClIN2O5. The second kappa shape index (κ2) is 13.2. The van der Waals surface area contributed by atoms with Crippen molar-refractivity contribution >= 4 is 57.4 Å². The fourth-order valence-electron chi connectivity index (χ4n) is 3.43. The van der Waals surface area contributed by atoms with Gasteiger partial charge in [0.05, 0.1) is 36.0 Å². The molecule has 0 fully saturated rings. The Hall–Kier alpha value is -3.42. The van der Waals surface area contributed by atoms with E-state index in [0.29, 0.717) is 51.5 Å². The van der Waals surface area contributed by atoms with Crippen LogP contribution in [0.1, 0.15) is 23.6 Å². The normalized spacial score (nSPS) is 10.9. The van der Waals surface area contributed by atoms with Gasteiger partial charge in [-0.05, 0) is 102 Å². The van der Waals surface area contributed by atoms with Gasteiger partial charge in [-0.1, -0.05) is 17.7 Å². The van der Waals surface area contributed by atoms with E-state index in [1.807, 2.05) is 26.0 Å². The van der Waals surface area contributed by atoms with Crippen LogP contribution in [0.2, 0.25) is 5.02 Å². The Kier molecular flexibility index (Phi) is 10.1. The van der Waals surface area contributed by atoms with Crippen molar-refractivity contribution < 1.29 is 23.7 Å². The molecule has 3 aromatic rings. The van der Waals surface area contributed by atoms with E-state index >= 15 is 0 Å². The first-order valence-electron chi connectivity index (χ1n) is 11.3. The van der Waals surface area contributed by atoms with E-state index in [9.17, 15) is 10.1 Å². The highest BCUT2D eigenvalue weighted by Gasteiger charge is 2.15. The molecule has 0 heterocycles. The molecule has 1 N–H and O–H groups in total. The summed E-state index contributed by atoms with van der Waals surface area (Å²) in [5.41, 5.74) is 3.37. The van der Waals surface area contributed by atoms with Crippen LogP contribution in [0, 0.1) is 21.8 Å². The lowest BCUT2D eigenvalue weighted by Crippen LogP contribution is -2.20. The number of hydrogen-bond acceptors (Lipinski definition) is 6. The first kappa shape index (κ1) is 28.2. The summed E-state index contributed by atoms with van der Waals surface area (Å²) in [5, 5.41) is 13.2. The monoisotopic (exact) mass is 632 g/mol. The Morgan fingerprint density at radius 3 is 2.46 bits per heavy atom. The van der Waals surface area contributed by atoms with E-state index in [2.05, 4.69) is 34.0 Å². The Morgan fingerprint density at radius 2 is 1.81 bits per heavy atom. The number of allylic oxidation sites excluding steroid dienone is 1. The summed E-state index contributed by atoms with van der Waals surface area (Å²) in [6, 6.07) is 16.5. The van der Waals surface area contributed by atoms with Gasteiger partial charge in [0.2, 0.25) is 0 Å². The molecule has 1 amide bonds. The summed E-state index contributed by atoms with van der Waals surface area (Å²) in [7, 11) is 3.10. The summed E-state index contributed by atoms with van der Waals surface area (Å²) in [4.78, 5) is 12.5. The number of hydrogen-bond donors (Lipinski definition) is 1. The zero-order valence-corrected chi connectivity index (χ0v) is 23.8. The number of rotatable bonds is 10. The third kappa shape index (κ3) is 7.31. The highest BCUT2D eigenvalue weighted by molar-refractivity contribution is 14.1. The van der Waals surface area contributed by atoms with E-state index in [1.54, 1.807) is 56.7 Å². The van der Waals surface area contributed by atoms with Crippen LogP contribution in [0.15, 0.2) is 48.5 Å². The van der Waals surface area contributed by atoms with Crippen LogP contribution >= 0.6 is 34.2 Å². The lowest BCUT2D eigenvalue weighted by Gasteiger charge is -2.15. The largest absolute Gasteiger partial charge is 0.493 e. The summed E-state index contributed by atoms with van der Waals surface area (Å²) >= 11 is 8.26. The van der Waals surface area contributed by atoms with Crippen molar-refractivity contribution in [3.05, 3.63) is 73.8 Å². The highest BCUT2D eigenvalue weighted by atomic mass is 127. The number of halogens is 2. The number of nitriles is 1. The van der Waals surface area contributed by atoms with Crippen LogP contribution in [0.5, 0.6) is 23.0 Å². The smallest absolute Gasteiger partial charge is 0.262 e. The Morgan fingerprint density at radius 1 is 1.05 bits per heavy atom. The van der Waals surface area contributed by atoms with Gasteiger partial charge < -0.3 is 24.3 Å². The van der Waals surface area contributed by atoms with Gasteiger partial charge in [-0.25, -0.2) is 0 Å². The first-order chi connectivity index (χ1) is 17.8. The topological polar surface area (TPSA) is 89.8 Å². The molecular weight excluding hydrogens is 607 g/mol. The molecule has 0 aliphatic heterocycles. The molecule has 37 heavy (non-hydrogen) atoms. The van der Waals surface area contributed by atoms with Crippen molar-refractivity contribution in [3.8, 4) is 29.1 Å². The molecule has 0 bridgehead atoms. The molecule has 0 aromatic heterocycles. The molecule has 0 aliphatic carbocycles. The fourth-order valence-corrected chi connectivity index (χ4v) is 4.39. The van der Waals surface area contributed by atoms with Crippen LogP contribution < -0.4 is 24.3 Å². The Labute approximate surface area is 235 Å². The minimum atomic E-state index is -0.331. The molecule has 192 valence electrons. The number of nitrogens with zero attached hydrogens (tertiary/aromatic N) is 1. The third-order valence-electron chi connectivity index (χ3n) is 5.26. The van der Waals surface area contributed by atoms with Crippen molar-refractivity contribution in [1.29, 1.82) is 5.26 Å². The molecule has 0 aliphatic rings. The van der Waals surface area contributed by atoms with E-state index in [4.69, 9.17) is 30.5 Å². The van der Waals surface area contributed by atoms with Crippen LogP contribution in [0.25, 0.3) is 11.6 Å². The third-order valence-corrected chi connectivity index (χ3v) is 6.47. The Bertz CT molecular complexity index is 1370. The van der Waals surface area contributed by atoms with Gasteiger partial charge in [0.25, 0.3) is 5.91 Å². The van der Waals surface area contributed by atoms with Crippen LogP contribution in [-0.4, -0.2) is 33.3 Å². The molecule has 3 rings (SSSR count). The number of carbonyl (C=O) groups excluding carboxylic acids is 1. The highest BCUT2D eigenvalue weighted by Crippen LogP contribution is 2.36. The van der Waals surface area contributed by atoms with Gasteiger partial charge >= 0.3 is 0 Å². The predicted octanol–water partition coefficient (Wildman–Crippen LogP) is 6.75. The fraction of sp³-hybridized carbons (Fsp3) is 0.214. The summed E-state index contributed by atoms with van der Waals surface area (Å²) in [6.45, 7) is 3.93. The van der Waals surface area contributed by atoms with E-state index < -0.39 is 0 Å². The zero-order chi connectivity index (χ0) is 26.9. The van der Waals surface area contributed by atoms with Crippen molar-refractivity contribution in [2.75, 3.05) is 32.8 Å². The maximum atomic E-state index is 12.5. The maximum Gasteiger partial charge on any atom is 0.262 e. The van der Waals surface area contributed by atoms with E-state index in [0.717, 1.165) is 14.7 Å². The van der Waals surface area contributed by atoms with Gasteiger partial charge in [0.15, 0.2) is 29.6 Å². The van der Waals surface area contributed by atoms with E-state index in [-0.39, 0.29) is 12.5 Å².